The standard InChI is InChI=1S/C38H62/c1-4-29-23-28(3)22-27(2)18-19-30-25-34-33(30)17-15-21-38-20-14-12-10-8-6-5-7-9-11-13-16-32(38)24-31(26-38)36-35(29)37(34)36/h18,23,29-37H,4-17,19-22,24-26H2,1-3H3. The zero-order valence-electron chi connectivity index (χ0n) is 25.7. The van der Waals surface area contributed by atoms with Crippen molar-refractivity contribution in [2.24, 2.45) is 58.7 Å². The molecule has 0 saturated heterocycles. The molecule has 0 nitrogen and oxygen atoms in total. The fraction of sp³-hybridized carbons (Fsp3) is 0.895. The number of rotatable bonds is 1. The van der Waals surface area contributed by atoms with Crippen LogP contribution in [0, 0.1) is 58.7 Å². The minimum Gasteiger partial charge on any atom is -0.0850 e. The summed E-state index contributed by atoms with van der Waals surface area (Å²) in [7, 11) is 0. The molecule has 6 aliphatic rings. The van der Waals surface area contributed by atoms with E-state index < -0.39 is 0 Å². The number of allylic oxidation sites excluding steroid dienone is 4. The Kier molecular flexibility index (Phi) is 8.84. The van der Waals surface area contributed by atoms with Gasteiger partial charge in [-0.1, -0.05) is 101 Å². The first-order valence-electron chi connectivity index (χ1n) is 17.9. The Morgan fingerprint density at radius 2 is 1.39 bits per heavy atom. The van der Waals surface area contributed by atoms with Crippen LogP contribution in [0.1, 0.15) is 156 Å². The molecule has 6 aliphatic carbocycles. The maximum atomic E-state index is 2.79. The molecule has 1 spiro atoms. The Balaban J connectivity index is 1.28. The van der Waals surface area contributed by atoms with Gasteiger partial charge in [0.05, 0.1) is 0 Å². The summed E-state index contributed by atoms with van der Waals surface area (Å²) >= 11 is 0. The van der Waals surface area contributed by atoms with Gasteiger partial charge < -0.3 is 0 Å². The highest BCUT2D eigenvalue weighted by Crippen LogP contribution is 2.72. The van der Waals surface area contributed by atoms with Gasteiger partial charge >= 0.3 is 0 Å². The molecule has 0 aromatic rings. The molecule has 5 fully saturated rings. The normalized spacial score (nSPS) is 46.6. The van der Waals surface area contributed by atoms with Gasteiger partial charge in [0, 0.05) is 0 Å². The van der Waals surface area contributed by atoms with E-state index >= 15 is 0 Å². The molecule has 0 amide bonds. The van der Waals surface area contributed by atoms with Crippen LogP contribution in [0.4, 0.5) is 0 Å². The Morgan fingerprint density at radius 1 is 0.684 bits per heavy atom. The van der Waals surface area contributed by atoms with Crippen LogP contribution in [0.25, 0.3) is 0 Å². The van der Waals surface area contributed by atoms with Crippen molar-refractivity contribution >= 4 is 0 Å². The van der Waals surface area contributed by atoms with Crippen molar-refractivity contribution in [3.63, 3.8) is 0 Å². The maximum absolute atomic E-state index is 2.79. The number of hydrogen-bond acceptors (Lipinski definition) is 0. The van der Waals surface area contributed by atoms with E-state index in [4.69, 9.17) is 0 Å². The first kappa shape index (κ1) is 27.6. The van der Waals surface area contributed by atoms with Gasteiger partial charge in [-0.3, -0.25) is 0 Å². The predicted octanol–water partition coefficient (Wildman–Crippen LogP) is 11.7. The van der Waals surface area contributed by atoms with E-state index in [1.165, 1.54) is 77.0 Å². The summed E-state index contributed by atoms with van der Waals surface area (Å²) in [6.07, 6.45) is 37.3. The van der Waals surface area contributed by atoms with E-state index in [0.717, 1.165) is 58.7 Å². The van der Waals surface area contributed by atoms with Gasteiger partial charge in [-0.05, 0) is 137 Å². The lowest BCUT2D eigenvalue weighted by molar-refractivity contribution is 0.0257. The predicted molar refractivity (Wildman–Crippen MR) is 164 cm³/mol. The van der Waals surface area contributed by atoms with E-state index in [2.05, 4.69) is 32.9 Å². The molecule has 5 saturated carbocycles. The molecule has 10 unspecified atom stereocenters. The molecule has 0 heteroatoms. The molecule has 4 bridgehead atoms. The van der Waals surface area contributed by atoms with Gasteiger partial charge in [0.1, 0.15) is 0 Å². The second kappa shape index (κ2) is 12.1. The van der Waals surface area contributed by atoms with Crippen molar-refractivity contribution in [2.75, 3.05) is 0 Å². The van der Waals surface area contributed by atoms with Crippen molar-refractivity contribution in [2.45, 2.75) is 156 Å². The van der Waals surface area contributed by atoms with E-state index in [1.807, 2.05) is 0 Å². The van der Waals surface area contributed by atoms with Crippen LogP contribution < -0.4 is 0 Å². The summed E-state index contributed by atoms with van der Waals surface area (Å²) < 4.78 is 0. The van der Waals surface area contributed by atoms with Crippen molar-refractivity contribution in [1.29, 1.82) is 0 Å². The molecular formula is C38H62. The molecule has 0 N–H and O–H groups in total. The summed E-state index contributed by atoms with van der Waals surface area (Å²) in [6.45, 7) is 7.38. The first-order chi connectivity index (χ1) is 18.6. The second-order valence-corrected chi connectivity index (χ2v) is 15.8. The van der Waals surface area contributed by atoms with Gasteiger partial charge in [0.2, 0.25) is 0 Å². The van der Waals surface area contributed by atoms with Crippen molar-refractivity contribution in [1.82, 2.24) is 0 Å². The molecule has 38 heavy (non-hydrogen) atoms. The van der Waals surface area contributed by atoms with Gasteiger partial charge in [-0.15, -0.1) is 0 Å². The van der Waals surface area contributed by atoms with Crippen LogP contribution >= 0.6 is 0 Å². The summed E-state index contributed by atoms with van der Waals surface area (Å²) in [5.74, 6) is 9.33. The van der Waals surface area contributed by atoms with E-state index in [0.29, 0.717) is 0 Å². The van der Waals surface area contributed by atoms with Crippen LogP contribution in [0.5, 0.6) is 0 Å². The molecule has 10 atom stereocenters. The van der Waals surface area contributed by atoms with Crippen LogP contribution in [-0.4, -0.2) is 0 Å². The Morgan fingerprint density at radius 3 is 2.16 bits per heavy atom. The van der Waals surface area contributed by atoms with Crippen LogP contribution in [0.15, 0.2) is 23.3 Å². The largest absolute Gasteiger partial charge is 0.0850 e. The third kappa shape index (κ3) is 5.64. The lowest BCUT2D eigenvalue weighted by atomic mass is 9.58. The minimum absolute atomic E-state index is 0.719. The lowest BCUT2D eigenvalue weighted by Gasteiger charge is -2.47. The maximum Gasteiger partial charge on any atom is -0.0114 e. The third-order valence-corrected chi connectivity index (χ3v) is 13.6. The summed E-state index contributed by atoms with van der Waals surface area (Å²) in [5.41, 5.74) is 4.03. The van der Waals surface area contributed by atoms with Gasteiger partial charge in [0.15, 0.2) is 0 Å². The minimum atomic E-state index is 0.719. The number of fused-ring (bicyclic) bond motifs is 5. The van der Waals surface area contributed by atoms with E-state index in [1.54, 1.807) is 68.9 Å². The summed E-state index contributed by atoms with van der Waals surface area (Å²) in [5, 5.41) is 0. The summed E-state index contributed by atoms with van der Waals surface area (Å²) in [6, 6.07) is 0. The quantitative estimate of drug-likeness (QED) is 0.303. The average Bonchev–Trinajstić information content (AvgIpc) is 3.50. The van der Waals surface area contributed by atoms with Crippen molar-refractivity contribution in [3.8, 4) is 0 Å². The highest BCUT2D eigenvalue weighted by molar-refractivity contribution is 5.21. The SMILES string of the molecule is CCC1C=C(C)CC(C)=CCC2CC3C2CCCC24CCCCCCCCCCCCC2CC(C4)C2C1C32. The van der Waals surface area contributed by atoms with Crippen molar-refractivity contribution in [3.05, 3.63) is 23.3 Å². The molecular weight excluding hydrogens is 456 g/mol. The van der Waals surface area contributed by atoms with Crippen LogP contribution in [0.3, 0.4) is 0 Å². The van der Waals surface area contributed by atoms with Gasteiger partial charge in [0.25, 0.3) is 0 Å². The first-order valence-corrected chi connectivity index (χ1v) is 17.9. The van der Waals surface area contributed by atoms with Crippen LogP contribution in [-0.2, 0) is 0 Å². The number of hydrogen-bond donors (Lipinski definition) is 0. The fourth-order valence-electron chi connectivity index (χ4n) is 11.8. The zero-order chi connectivity index (χ0) is 26.1. The Hall–Kier alpha value is -0.520. The Labute approximate surface area is 237 Å². The molecule has 0 heterocycles. The third-order valence-electron chi connectivity index (χ3n) is 13.6. The lowest BCUT2D eigenvalue weighted by Crippen LogP contribution is -2.39. The second-order valence-electron chi connectivity index (χ2n) is 15.8. The molecule has 0 aromatic heterocycles. The monoisotopic (exact) mass is 518 g/mol. The van der Waals surface area contributed by atoms with Crippen molar-refractivity contribution < 1.29 is 0 Å². The fourth-order valence-corrected chi connectivity index (χ4v) is 11.8. The van der Waals surface area contributed by atoms with Gasteiger partial charge in [-0.2, -0.15) is 0 Å². The zero-order valence-corrected chi connectivity index (χ0v) is 25.7. The van der Waals surface area contributed by atoms with E-state index in [-0.39, 0.29) is 0 Å². The topological polar surface area (TPSA) is 0 Å². The molecule has 6 rings (SSSR count). The smallest absolute Gasteiger partial charge is 0.0114 e. The molecule has 214 valence electrons. The van der Waals surface area contributed by atoms with Gasteiger partial charge in [-0.25, -0.2) is 0 Å². The molecule has 0 aromatic carbocycles. The summed E-state index contributed by atoms with van der Waals surface area (Å²) in [4.78, 5) is 0. The highest BCUT2D eigenvalue weighted by atomic mass is 14.7. The highest BCUT2D eigenvalue weighted by Gasteiger charge is 2.65. The molecule has 0 aliphatic heterocycles. The Bertz CT molecular complexity index is 846. The average molecular weight is 519 g/mol. The van der Waals surface area contributed by atoms with Crippen LogP contribution in [0.2, 0.25) is 0 Å². The van der Waals surface area contributed by atoms with E-state index in [9.17, 15) is 0 Å². The molecule has 0 radical (unpaired) electrons.